The summed E-state index contributed by atoms with van der Waals surface area (Å²) in [5.41, 5.74) is 3.14. The van der Waals surface area contributed by atoms with Crippen LogP contribution in [-0.2, 0) is 17.6 Å². The Morgan fingerprint density at radius 2 is 1.88 bits per heavy atom. The van der Waals surface area contributed by atoms with E-state index in [1.165, 1.54) is 5.56 Å². The molecule has 3 aromatic rings. The number of carbonyl (C=O) groups excluding carboxylic acids is 1. The van der Waals surface area contributed by atoms with Crippen molar-refractivity contribution < 1.29 is 9.21 Å². The van der Waals surface area contributed by atoms with Crippen molar-refractivity contribution in [3.63, 3.8) is 0 Å². The Morgan fingerprint density at radius 1 is 1.12 bits per heavy atom. The lowest BCUT2D eigenvalue weighted by atomic mass is 10.1. The van der Waals surface area contributed by atoms with Crippen molar-refractivity contribution >= 4 is 11.6 Å². The van der Waals surface area contributed by atoms with Gasteiger partial charge in [-0.1, -0.05) is 36.4 Å². The minimum Gasteiger partial charge on any atom is -0.421 e. The van der Waals surface area contributed by atoms with Crippen LogP contribution in [0.2, 0.25) is 0 Å². The van der Waals surface area contributed by atoms with Gasteiger partial charge in [0.15, 0.2) is 0 Å². The number of fused-ring (bicyclic) bond motifs is 1. The van der Waals surface area contributed by atoms with Crippen LogP contribution < -0.4 is 4.90 Å². The molecule has 0 saturated heterocycles. The highest BCUT2D eigenvalue weighted by Crippen LogP contribution is 2.32. The van der Waals surface area contributed by atoms with Gasteiger partial charge in [-0.2, -0.15) is 0 Å². The zero-order chi connectivity index (χ0) is 17.2. The number of hydrogen-bond donors (Lipinski definition) is 0. The molecule has 0 aliphatic carbocycles. The number of amides is 1. The topological polar surface area (TPSA) is 59.2 Å². The molecule has 2 heterocycles. The summed E-state index contributed by atoms with van der Waals surface area (Å²) in [4.78, 5) is 14.6. The molecule has 1 amide bonds. The van der Waals surface area contributed by atoms with E-state index in [-0.39, 0.29) is 11.9 Å². The molecule has 0 saturated carbocycles. The maximum atomic E-state index is 12.7. The van der Waals surface area contributed by atoms with Crippen LogP contribution in [0.15, 0.2) is 59.0 Å². The van der Waals surface area contributed by atoms with Gasteiger partial charge < -0.3 is 9.32 Å². The number of benzene rings is 2. The van der Waals surface area contributed by atoms with Gasteiger partial charge in [0.2, 0.25) is 17.7 Å². The number of aryl methyl sites for hydroxylation is 1. The zero-order valence-corrected chi connectivity index (χ0v) is 14.1. The summed E-state index contributed by atoms with van der Waals surface area (Å²) in [6, 6.07) is 17.9. The molecule has 1 aromatic heterocycles. The van der Waals surface area contributed by atoms with Crippen molar-refractivity contribution in [2.24, 2.45) is 0 Å². The first-order chi connectivity index (χ1) is 12.2. The van der Waals surface area contributed by atoms with Crippen LogP contribution in [0.5, 0.6) is 0 Å². The predicted octanol–water partition coefficient (Wildman–Crippen LogP) is 3.65. The van der Waals surface area contributed by atoms with Gasteiger partial charge in [-0.3, -0.25) is 4.79 Å². The van der Waals surface area contributed by atoms with Crippen molar-refractivity contribution in [3.05, 3.63) is 66.1 Å². The Balaban J connectivity index is 1.44. The molecule has 5 nitrogen and oxygen atoms in total. The van der Waals surface area contributed by atoms with Crippen LogP contribution in [-0.4, -0.2) is 22.1 Å². The minimum absolute atomic E-state index is 0.0944. The monoisotopic (exact) mass is 333 g/mol. The molecular weight excluding hydrogens is 314 g/mol. The summed E-state index contributed by atoms with van der Waals surface area (Å²) in [6.07, 6.45) is 1.71. The van der Waals surface area contributed by atoms with E-state index >= 15 is 0 Å². The molecular formula is C20H19N3O2. The Bertz CT molecular complexity index is 889. The van der Waals surface area contributed by atoms with Gasteiger partial charge in [0, 0.05) is 30.1 Å². The van der Waals surface area contributed by atoms with Gasteiger partial charge in [0.25, 0.3) is 0 Å². The van der Waals surface area contributed by atoms with Crippen molar-refractivity contribution in [2.75, 3.05) is 4.90 Å². The summed E-state index contributed by atoms with van der Waals surface area (Å²) in [5.74, 6) is 1.08. The molecule has 1 unspecified atom stereocenters. The highest BCUT2D eigenvalue weighted by Gasteiger charge is 2.30. The number of rotatable bonds is 4. The second kappa shape index (κ2) is 6.51. The average molecular weight is 333 g/mol. The third-order valence-electron chi connectivity index (χ3n) is 4.52. The number of anilines is 1. The second-order valence-electron chi connectivity index (χ2n) is 6.31. The van der Waals surface area contributed by atoms with Crippen LogP contribution >= 0.6 is 0 Å². The Hall–Kier alpha value is -2.95. The normalized spacial score (nSPS) is 16.0. The van der Waals surface area contributed by atoms with Crippen molar-refractivity contribution in [1.82, 2.24) is 10.2 Å². The van der Waals surface area contributed by atoms with Crippen LogP contribution in [0.4, 0.5) is 5.69 Å². The van der Waals surface area contributed by atoms with Crippen LogP contribution in [0.3, 0.4) is 0 Å². The van der Waals surface area contributed by atoms with Crippen LogP contribution in [0.25, 0.3) is 11.5 Å². The molecule has 1 aliphatic heterocycles. The summed E-state index contributed by atoms with van der Waals surface area (Å²) in [6.45, 7) is 2.08. The van der Waals surface area contributed by atoms with E-state index in [4.69, 9.17) is 4.42 Å². The summed E-state index contributed by atoms with van der Waals surface area (Å²) in [7, 11) is 0. The lowest BCUT2D eigenvalue weighted by Gasteiger charge is -2.22. The van der Waals surface area contributed by atoms with Gasteiger partial charge in [0.1, 0.15) is 0 Å². The standard InChI is InChI=1S/C20H19N3O2/c1-14-13-16-9-5-6-10-17(16)23(14)19(24)12-11-18-21-22-20(25-18)15-7-3-2-4-8-15/h2-10,14H,11-13H2,1H3. The third kappa shape index (κ3) is 3.05. The van der Waals surface area contributed by atoms with Gasteiger partial charge >= 0.3 is 0 Å². The van der Waals surface area contributed by atoms with Gasteiger partial charge in [0.05, 0.1) is 0 Å². The quantitative estimate of drug-likeness (QED) is 0.731. The predicted molar refractivity (Wildman–Crippen MR) is 95.1 cm³/mol. The number of nitrogens with zero attached hydrogens (tertiary/aromatic N) is 3. The second-order valence-corrected chi connectivity index (χ2v) is 6.31. The molecule has 126 valence electrons. The Kier molecular flexibility index (Phi) is 4.06. The highest BCUT2D eigenvalue weighted by atomic mass is 16.4. The number of carbonyl (C=O) groups is 1. The fraction of sp³-hybridized carbons (Fsp3) is 0.250. The van der Waals surface area contributed by atoms with E-state index in [2.05, 4.69) is 23.2 Å². The smallest absolute Gasteiger partial charge is 0.247 e. The molecule has 5 heteroatoms. The average Bonchev–Trinajstić information content (AvgIpc) is 3.24. The van der Waals surface area contributed by atoms with Crippen LogP contribution in [0, 0.1) is 0 Å². The van der Waals surface area contributed by atoms with E-state index in [1.54, 1.807) is 0 Å². The van der Waals surface area contributed by atoms with Crippen molar-refractivity contribution in [3.8, 4) is 11.5 Å². The molecule has 1 atom stereocenters. The molecule has 25 heavy (non-hydrogen) atoms. The van der Waals surface area contributed by atoms with E-state index in [0.717, 1.165) is 17.7 Å². The lowest BCUT2D eigenvalue weighted by molar-refractivity contribution is -0.118. The molecule has 0 N–H and O–H groups in total. The summed E-state index contributed by atoms with van der Waals surface area (Å²) < 4.78 is 5.69. The minimum atomic E-state index is 0.0944. The molecule has 1 aliphatic rings. The van der Waals surface area contributed by atoms with Crippen molar-refractivity contribution in [2.45, 2.75) is 32.2 Å². The van der Waals surface area contributed by atoms with E-state index in [1.807, 2.05) is 53.4 Å². The maximum Gasteiger partial charge on any atom is 0.247 e. The number of hydrogen-bond acceptors (Lipinski definition) is 4. The third-order valence-corrected chi connectivity index (χ3v) is 4.52. The van der Waals surface area contributed by atoms with Gasteiger partial charge in [-0.15, -0.1) is 10.2 Å². The molecule has 4 rings (SSSR count). The number of para-hydroxylation sites is 1. The highest BCUT2D eigenvalue weighted by molar-refractivity contribution is 5.96. The Morgan fingerprint density at radius 3 is 2.72 bits per heavy atom. The largest absolute Gasteiger partial charge is 0.421 e. The molecule has 0 fully saturated rings. The van der Waals surface area contributed by atoms with E-state index in [0.29, 0.717) is 24.6 Å². The van der Waals surface area contributed by atoms with Gasteiger partial charge in [-0.25, -0.2) is 0 Å². The fourth-order valence-electron chi connectivity index (χ4n) is 3.33. The number of aromatic nitrogens is 2. The first-order valence-corrected chi connectivity index (χ1v) is 8.50. The van der Waals surface area contributed by atoms with Crippen molar-refractivity contribution in [1.29, 1.82) is 0 Å². The molecule has 2 aromatic carbocycles. The summed E-state index contributed by atoms with van der Waals surface area (Å²) in [5, 5.41) is 8.14. The Labute approximate surface area is 146 Å². The fourth-order valence-corrected chi connectivity index (χ4v) is 3.33. The van der Waals surface area contributed by atoms with E-state index < -0.39 is 0 Å². The molecule has 0 radical (unpaired) electrons. The maximum absolute atomic E-state index is 12.7. The first kappa shape index (κ1) is 15.6. The molecule has 0 spiro atoms. The van der Waals surface area contributed by atoms with Gasteiger partial charge in [-0.05, 0) is 37.1 Å². The summed E-state index contributed by atoms with van der Waals surface area (Å²) >= 11 is 0. The van der Waals surface area contributed by atoms with E-state index in [9.17, 15) is 4.79 Å². The lowest BCUT2D eigenvalue weighted by Crippen LogP contribution is -2.35. The van der Waals surface area contributed by atoms with Crippen LogP contribution in [0.1, 0.15) is 24.8 Å². The SMILES string of the molecule is CC1Cc2ccccc2N1C(=O)CCc1nnc(-c2ccccc2)o1. The molecule has 0 bridgehead atoms. The first-order valence-electron chi connectivity index (χ1n) is 8.50. The zero-order valence-electron chi connectivity index (χ0n) is 14.1.